The fraction of sp³-hybridized carbons (Fsp3) is 0.250. The number of fused-ring (bicyclic) bond motifs is 1. The van der Waals surface area contributed by atoms with Gasteiger partial charge in [-0.05, 0) is 43.1 Å². The van der Waals surface area contributed by atoms with Crippen LogP contribution < -0.4 is 5.56 Å². The second kappa shape index (κ2) is 6.17. The highest BCUT2D eigenvalue weighted by atomic mass is 32.1. The number of halogens is 2. The highest BCUT2D eigenvalue weighted by molar-refractivity contribution is 7.17. The van der Waals surface area contributed by atoms with E-state index in [9.17, 15) is 13.6 Å². The molecule has 23 heavy (non-hydrogen) atoms. The van der Waals surface area contributed by atoms with Gasteiger partial charge in [0.1, 0.15) is 10.5 Å². The number of H-pyrrole nitrogens is 1. The van der Waals surface area contributed by atoms with Crippen LogP contribution in [0.25, 0.3) is 10.2 Å². The van der Waals surface area contributed by atoms with E-state index >= 15 is 0 Å². The smallest absolute Gasteiger partial charge is 0.268 e. The van der Waals surface area contributed by atoms with Gasteiger partial charge in [0.2, 0.25) is 0 Å². The van der Waals surface area contributed by atoms with Gasteiger partial charge in [-0.25, -0.2) is 13.8 Å². The van der Waals surface area contributed by atoms with Gasteiger partial charge < -0.3 is 4.98 Å². The van der Waals surface area contributed by atoms with E-state index < -0.39 is 11.6 Å². The molecule has 0 unspecified atom stereocenters. The summed E-state index contributed by atoms with van der Waals surface area (Å²) in [5.74, 6) is -1.19. The topological polar surface area (TPSA) is 49.0 Å². The molecule has 4 nitrogen and oxygen atoms in total. The molecule has 0 aliphatic rings. The van der Waals surface area contributed by atoms with E-state index in [-0.39, 0.29) is 11.6 Å². The van der Waals surface area contributed by atoms with Crippen molar-refractivity contribution in [3.63, 3.8) is 0 Å². The Morgan fingerprint density at radius 3 is 2.83 bits per heavy atom. The minimum absolute atomic E-state index is 0.158. The molecule has 2 aromatic heterocycles. The van der Waals surface area contributed by atoms with Crippen molar-refractivity contribution in [2.24, 2.45) is 0 Å². The van der Waals surface area contributed by atoms with Crippen molar-refractivity contribution in [1.29, 1.82) is 0 Å². The number of rotatable bonds is 4. The lowest BCUT2D eigenvalue weighted by Gasteiger charge is -2.24. The summed E-state index contributed by atoms with van der Waals surface area (Å²) in [7, 11) is 1.84. The highest BCUT2D eigenvalue weighted by Gasteiger charge is 2.16. The Balaban J connectivity index is 1.82. The van der Waals surface area contributed by atoms with Gasteiger partial charge in [0.15, 0.2) is 11.6 Å². The lowest BCUT2D eigenvalue weighted by Crippen LogP contribution is -2.25. The Morgan fingerprint density at radius 2 is 2.09 bits per heavy atom. The maximum absolute atomic E-state index is 13.4. The molecule has 3 rings (SSSR count). The van der Waals surface area contributed by atoms with Gasteiger partial charge in [0.25, 0.3) is 5.56 Å². The summed E-state index contributed by atoms with van der Waals surface area (Å²) in [4.78, 5) is 21.1. The lowest BCUT2D eigenvalue weighted by atomic mass is 10.1. The first-order valence-corrected chi connectivity index (χ1v) is 7.95. The molecule has 2 heterocycles. The first-order valence-electron chi connectivity index (χ1n) is 7.07. The van der Waals surface area contributed by atoms with Crippen molar-refractivity contribution >= 4 is 21.6 Å². The Bertz CT molecular complexity index is 906. The number of thiophene rings is 1. The summed E-state index contributed by atoms with van der Waals surface area (Å²) in [6.45, 7) is 2.27. The van der Waals surface area contributed by atoms with Crippen molar-refractivity contribution in [2.75, 3.05) is 7.05 Å². The molecule has 7 heteroatoms. The molecule has 1 atom stereocenters. The molecule has 1 aromatic carbocycles. The summed E-state index contributed by atoms with van der Waals surface area (Å²) in [6.07, 6.45) is 0. The maximum atomic E-state index is 13.4. The van der Waals surface area contributed by atoms with Crippen molar-refractivity contribution < 1.29 is 8.78 Å². The Kier molecular flexibility index (Phi) is 4.23. The van der Waals surface area contributed by atoms with Crippen molar-refractivity contribution in [2.45, 2.75) is 19.5 Å². The van der Waals surface area contributed by atoms with Gasteiger partial charge in [0, 0.05) is 6.04 Å². The number of nitrogens with zero attached hydrogens (tertiary/aromatic N) is 2. The molecular formula is C16H15F2N3OS. The number of nitrogens with one attached hydrogen (secondary N) is 1. The number of benzene rings is 1. The van der Waals surface area contributed by atoms with Crippen LogP contribution in [-0.2, 0) is 6.54 Å². The average Bonchev–Trinajstić information content (AvgIpc) is 2.98. The van der Waals surface area contributed by atoms with Crippen LogP contribution in [-0.4, -0.2) is 21.9 Å². The maximum Gasteiger partial charge on any atom is 0.268 e. The zero-order chi connectivity index (χ0) is 16.6. The number of aromatic nitrogens is 2. The van der Waals surface area contributed by atoms with Crippen LogP contribution in [0, 0.1) is 11.6 Å². The molecule has 0 saturated carbocycles. The van der Waals surface area contributed by atoms with Crippen LogP contribution >= 0.6 is 11.3 Å². The molecule has 0 saturated heterocycles. The van der Waals surface area contributed by atoms with Crippen LogP contribution in [0.1, 0.15) is 24.4 Å². The van der Waals surface area contributed by atoms with Crippen LogP contribution in [0.2, 0.25) is 0 Å². The summed E-state index contributed by atoms with van der Waals surface area (Å²) in [5.41, 5.74) is 1.17. The molecule has 0 aliphatic carbocycles. The normalized spacial score (nSPS) is 12.9. The molecule has 0 bridgehead atoms. The standard InChI is InChI=1S/C16H15F2N3OS/c1-9(10-3-4-11(17)12(18)7-10)21(2)8-14-19-13-5-6-23-15(13)16(22)20-14/h3-7,9H,8H2,1-2H3,(H,19,20,22)/t9-/m0/s1. The predicted molar refractivity (Wildman–Crippen MR) is 86.5 cm³/mol. The Labute approximate surface area is 135 Å². The highest BCUT2D eigenvalue weighted by Crippen LogP contribution is 2.22. The molecule has 0 amide bonds. The monoisotopic (exact) mass is 335 g/mol. The largest absolute Gasteiger partial charge is 0.308 e. The van der Waals surface area contributed by atoms with E-state index in [0.29, 0.717) is 28.1 Å². The third kappa shape index (κ3) is 3.16. The number of hydrogen-bond acceptors (Lipinski definition) is 4. The van der Waals surface area contributed by atoms with E-state index in [1.807, 2.05) is 24.3 Å². The van der Waals surface area contributed by atoms with Gasteiger partial charge in [-0.1, -0.05) is 6.07 Å². The Morgan fingerprint density at radius 1 is 1.30 bits per heavy atom. The van der Waals surface area contributed by atoms with Crippen LogP contribution in [0.5, 0.6) is 0 Å². The molecule has 0 radical (unpaired) electrons. The van der Waals surface area contributed by atoms with E-state index in [1.165, 1.54) is 17.4 Å². The van der Waals surface area contributed by atoms with Crippen LogP contribution in [0.15, 0.2) is 34.4 Å². The number of aromatic amines is 1. The van der Waals surface area contributed by atoms with Crippen LogP contribution in [0.3, 0.4) is 0 Å². The molecule has 0 aliphatic heterocycles. The molecule has 0 fully saturated rings. The summed E-state index contributed by atoms with van der Waals surface area (Å²) >= 11 is 1.35. The van der Waals surface area contributed by atoms with Gasteiger partial charge in [-0.15, -0.1) is 11.3 Å². The fourth-order valence-electron chi connectivity index (χ4n) is 2.40. The summed E-state index contributed by atoms with van der Waals surface area (Å²) in [5, 5.41) is 1.82. The van der Waals surface area contributed by atoms with Gasteiger partial charge in [-0.3, -0.25) is 9.69 Å². The minimum Gasteiger partial charge on any atom is -0.308 e. The van der Waals surface area contributed by atoms with Crippen LogP contribution in [0.4, 0.5) is 8.78 Å². The van der Waals surface area contributed by atoms with Crippen molar-refractivity contribution in [3.8, 4) is 0 Å². The molecular weight excluding hydrogens is 320 g/mol. The predicted octanol–water partition coefficient (Wildman–Crippen LogP) is 3.46. The minimum atomic E-state index is -0.867. The molecule has 0 spiro atoms. The van der Waals surface area contributed by atoms with Crippen molar-refractivity contribution in [3.05, 3.63) is 63.0 Å². The SMILES string of the molecule is C[C@@H](c1ccc(F)c(F)c1)N(C)Cc1nc2ccsc2c(=O)[nH]1. The number of hydrogen-bond donors (Lipinski definition) is 1. The van der Waals surface area contributed by atoms with E-state index in [2.05, 4.69) is 9.97 Å². The third-order valence-corrected chi connectivity index (χ3v) is 4.75. The first kappa shape index (κ1) is 15.8. The zero-order valence-electron chi connectivity index (χ0n) is 12.6. The molecule has 1 N–H and O–H groups in total. The van der Waals surface area contributed by atoms with Gasteiger partial charge in [0.05, 0.1) is 12.1 Å². The Hall–Kier alpha value is -2.12. The third-order valence-electron chi connectivity index (χ3n) is 3.85. The first-order chi connectivity index (χ1) is 11.0. The fourth-order valence-corrected chi connectivity index (χ4v) is 3.12. The molecule has 3 aromatic rings. The zero-order valence-corrected chi connectivity index (χ0v) is 13.5. The lowest BCUT2D eigenvalue weighted by molar-refractivity contribution is 0.246. The van der Waals surface area contributed by atoms with E-state index in [1.54, 1.807) is 12.1 Å². The van der Waals surface area contributed by atoms with Crippen molar-refractivity contribution in [1.82, 2.24) is 14.9 Å². The molecule has 120 valence electrons. The van der Waals surface area contributed by atoms with Gasteiger partial charge in [-0.2, -0.15) is 0 Å². The summed E-state index contributed by atoms with van der Waals surface area (Å²) in [6, 6.07) is 5.50. The summed E-state index contributed by atoms with van der Waals surface area (Å²) < 4.78 is 27.0. The average molecular weight is 335 g/mol. The second-order valence-electron chi connectivity index (χ2n) is 5.41. The quantitative estimate of drug-likeness (QED) is 0.794. The van der Waals surface area contributed by atoms with E-state index in [0.717, 1.165) is 6.07 Å². The van der Waals surface area contributed by atoms with Gasteiger partial charge >= 0.3 is 0 Å². The second-order valence-corrected chi connectivity index (χ2v) is 6.33. The van der Waals surface area contributed by atoms with E-state index in [4.69, 9.17) is 0 Å².